The molecule has 0 spiro atoms. The molecule has 1 atom stereocenters. The van der Waals surface area contributed by atoms with Gasteiger partial charge in [-0.1, -0.05) is 69.1 Å². The van der Waals surface area contributed by atoms with Gasteiger partial charge in [-0.25, -0.2) is 0 Å². The lowest BCUT2D eigenvalue weighted by molar-refractivity contribution is 0.249. The molecular weight excluding hydrogens is 264 g/mol. The summed E-state index contributed by atoms with van der Waals surface area (Å²) in [6.07, 6.45) is 24.9. The Morgan fingerprint density at radius 3 is 2.00 bits per heavy atom. The minimum atomic E-state index is -0.427. The largest absolute Gasteiger partial charge is 0.383 e. The number of rotatable bonds is 13. The topological polar surface area (TPSA) is 20.2 Å². The van der Waals surface area contributed by atoms with Crippen LogP contribution >= 0.6 is 12.6 Å². The third-order valence-corrected chi connectivity index (χ3v) is 3.37. The maximum absolute atomic E-state index is 9.00. The van der Waals surface area contributed by atoms with Crippen molar-refractivity contribution < 1.29 is 5.11 Å². The number of aliphatic hydroxyl groups is 1. The minimum Gasteiger partial charge on any atom is -0.383 e. The van der Waals surface area contributed by atoms with E-state index in [1.54, 1.807) is 0 Å². The predicted molar refractivity (Wildman–Crippen MR) is 94.3 cm³/mol. The molecule has 0 heterocycles. The fraction of sp³-hybridized carbons (Fsp3) is 0.667. The smallest absolute Gasteiger partial charge is 0.0964 e. The van der Waals surface area contributed by atoms with Crippen molar-refractivity contribution in [2.75, 3.05) is 0 Å². The molecule has 0 aromatic carbocycles. The third kappa shape index (κ3) is 17.5. The molecule has 2 heteroatoms. The molecule has 0 bridgehead atoms. The van der Waals surface area contributed by atoms with Crippen LogP contribution in [0.2, 0.25) is 0 Å². The Balaban J connectivity index is 3.21. The normalized spacial score (nSPS) is 13.9. The Bertz CT molecular complexity index is 267. The van der Waals surface area contributed by atoms with Crippen LogP contribution in [0.5, 0.6) is 0 Å². The molecule has 0 aliphatic carbocycles. The molecule has 0 saturated carbocycles. The SMILES string of the molecule is CC/C=C\C/C=C\C/C=C\CCCCCCCC(O)S. The Hall–Kier alpha value is -0.470. The van der Waals surface area contributed by atoms with E-state index >= 15 is 0 Å². The van der Waals surface area contributed by atoms with E-state index < -0.39 is 5.44 Å². The molecule has 1 N–H and O–H groups in total. The van der Waals surface area contributed by atoms with Crippen molar-refractivity contribution >= 4 is 12.6 Å². The van der Waals surface area contributed by atoms with Gasteiger partial charge in [-0.2, -0.15) is 0 Å². The molecule has 1 unspecified atom stereocenters. The van der Waals surface area contributed by atoms with Crippen LogP contribution in [0.25, 0.3) is 0 Å². The molecule has 0 aliphatic rings. The van der Waals surface area contributed by atoms with Gasteiger partial charge in [0.25, 0.3) is 0 Å². The fourth-order valence-electron chi connectivity index (χ4n) is 1.95. The van der Waals surface area contributed by atoms with Crippen molar-refractivity contribution in [3.63, 3.8) is 0 Å². The summed E-state index contributed by atoms with van der Waals surface area (Å²) in [6, 6.07) is 0. The Morgan fingerprint density at radius 2 is 1.35 bits per heavy atom. The first kappa shape index (κ1) is 19.5. The van der Waals surface area contributed by atoms with E-state index in [1.807, 2.05) is 0 Å². The fourth-order valence-corrected chi connectivity index (χ4v) is 2.13. The second-order valence-electron chi connectivity index (χ2n) is 5.12. The predicted octanol–water partition coefficient (Wildman–Crippen LogP) is 5.82. The van der Waals surface area contributed by atoms with Crippen molar-refractivity contribution in [1.29, 1.82) is 0 Å². The molecule has 0 aromatic heterocycles. The van der Waals surface area contributed by atoms with Gasteiger partial charge < -0.3 is 5.11 Å². The van der Waals surface area contributed by atoms with Gasteiger partial charge >= 0.3 is 0 Å². The highest BCUT2D eigenvalue weighted by atomic mass is 32.1. The van der Waals surface area contributed by atoms with Crippen molar-refractivity contribution in [2.45, 2.75) is 76.6 Å². The number of allylic oxidation sites excluding steroid dienone is 6. The van der Waals surface area contributed by atoms with E-state index in [0.29, 0.717) is 0 Å². The minimum absolute atomic E-state index is 0.427. The molecule has 0 radical (unpaired) electrons. The van der Waals surface area contributed by atoms with Crippen molar-refractivity contribution in [1.82, 2.24) is 0 Å². The zero-order valence-electron chi connectivity index (χ0n) is 13.0. The molecule has 1 nitrogen and oxygen atoms in total. The maximum atomic E-state index is 9.00. The monoisotopic (exact) mass is 296 g/mol. The number of aliphatic hydroxyl groups excluding tert-OH is 1. The van der Waals surface area contributed by atoms with Gasteiger partial charge in [0, 0.05) is 0 Å². The summed E-state index contributed by atoms with van der Waals surface area (Å²) in [5, 5.41) is 9.00. The van der Waals surface area contributed by atoms with Crippen molar-refractivity contribution in [3.05, 3.63) is 36.5 Å². The summed E-state index contributed by atoms with van der Waals surface area (Å²) in [5.41, 5.74) is -0.427. The van der Waals surface area contributed by atoms with E-state index in [4.69, 9.17) is 5.11 Å². The standard InChI is InChI=1S/C18H32OS/c1-2-3-4-5-6-7-8-9-10-11-12-13-14-15-16-17-18(19)20/h3-4,6-7,9-10,18-20H,2,5,8,11-17H2,1H3/b4-3-,7-6-,10-9-. The Kier molecular flexibility index (Phi) is 16.2. The maximum Gasteiger partial charge on any atom is 0.0964 e. The van der Waals surface area contributed by atoms with Crippen LogP contribution in [-0.2, 0) is 0 Å². The number of hydrogen-bond donors (Lipinski definition) is 2. The van der Waals surface area contributed by atoms with Crippen molar-refractivity contribution in [2.24, 2.45) is 0 Å². The van der Waals surface area contributed by atoms with Crippen LogP contribution in [0.3, 0.4) is 0 Å². The molecule has 0 amide bonds. The number of unbranched alkanes of at least 4 members (excludes halogenated alkanes) is 5. The molecular formula is C18H32OS. The van der Waals surface area contributed by atoms with E-state index in [2.05, 4.69) is 56.0 Å². The lowest BCUT2D eigenvalue weighted by atomic mass is 10.1. The summed E-state index contributed by atoms with van der Waals surface area (Å²) in [5.74, 6) is 0. The van der Waals surface area contributed by atoms with Gasteiger partial charge in [-0.15, -0.1) is 12.6 Å². The number of hydrogen-bond acceptors (Lipinski definition) is 2. The zero-order chi connectivity index (χ0) is 14.9. The summed E-state index contributed by atoms with van der Waals surface area (Å²) in [4.78, 5) is 0. The molecule has 116 valence electrons. The molecule has 0 aromatic rings. The van der Waals surface area contributed by atoms with Crippen LogP contribution in [0.4, 0.5) is 0 Å². The molecule has 0 rings (SSSR count). The summed E-state index contributed by atoms with van der Waals surface area (Å²) >= 11 is 3.96. The van der Waals surface area contributed by atoms with Crippen LogP contribution in [0, 0.1) is 0 Å². The second kappa shape index (κ2) is 16.6. The van der Waals surface area contributed by atoms with Crippen LogP contribution in [0.15, 0.2) is 36.5 Å². The highest BCUT2D eigenvalue weighted by Gasteiger charge is 1.95. The van der Waals surface area contributed by atoms with Crippen molar-refractivity contribution in [3.8, 4) is 0 Å². The van der Waals surface area contributed by atoms with Gasteiger partial charge in [0.15, 0.2) is 0 Å². The quantitative estimate of drug-likeness (QED) is 0.190. The van der Waals surface area contributed by atoms with E-state index in [9.17, 15) is 0 Å². The Morgan fingerprint density at radius 1 is 0.800 bits per heavy atom. The number of thiol groups is 1. The average Bonchev–Trinajstić information content (AvgIpc) is 2.43. The molecule has 0 saturated heterocycles. The lowest BCUT2D eigenvalue weighted by Crippen LogP contribution is -1.94. The van der Waals surface area contributed by atoms with Gasteiger partial charge in [0.05, 0.1) is 5.44 Å². The highest BCUT2D eigenvalue weighted by molar-refractivity contribution is 7.80. The van der Waals surface area contributed by atoms with E-state index in [1.165, 1.54) is 32.1 Å². The van der Waals surface area contributed by atoms with Crippen LogP contribution in [0.1, 0.15) is 71.1 Å². The summed E-state index contributed by atoms with van der Waals surface area (Å²) in [6.45, 7) is 2.16. The second-order valence-corrected chi connectivity index (χ2v) is 5.72. The molecule has 20 heavy (non-hydrogen) atoms. The Labute approximate surface area is 131 Å². The van der Waals surface area contributed by atoms with E-state index in [-0.39, 0.29) is 0 Å². The first-order chi connectivity index (χ1) is 9.77. The van der Waals surface area contributed by atoms with Gasteiger partial charge in [-0.3, -0.25) is 0 Å². The highest BCUT2D eigenvalue weighted by Crippen LogP contribution is 2.10. The lowest BCUT2D eigenvalue weighted by Gasteiger charge is -2.02. The van der Waals surface area contributed by atoms with Gasteiger partial charge in [0.1, 0.15) is 0 Å². The third-order valence-electron chi connectivity index (χ3n) is 3.11. The first-order valence-corrected chi connectivity index (χ1v) is 8.60. The zero-order valence-corrected chi connectivity index (χ0v) is 13.9. The first-order valence-electron chi connectivity index (χ1n) is 8.08. The van der Waals surface area contributed by atoms with Crippen LogP contribution < -0.4 is 0 Å². The molecule has 0 fully saturated rings. The summed E-state index contributed by atoms with van der Waals surface area (Å²) < 4.78 is 0. The van der Waals surface area contributed by atoms with Gasteiger partial charge in [-0.05, 0) is 38.5 Å². The van der Waals surface area contributed by atoms with Crippen LogP contribution in [-0.4, -0.2) is 10.5 Å². The molecule has 0 aliphatic heterocycles. The van der Waals surface area contributed by atoms with E-state index in [0.717, 1.165) is 32.1 Å². The average molecular weight is 297 g/mol. The summed E-state index contributed by atoms with van der Waals surface area (Å²) in [7, 11) is 0. The van der Waals surface area contributed by atoms with Gasteiger partial charge in [0.2, 0.25) is 0 Å².